The molecule has 27 heavy (non-hydrogen) atoms. The van der Waals surface area contributed by atoms with Crippen molar-refractivity contribution in [3.63, 3.8) is 0 Å². The van der Waals surface area contributed by atoms with Crippen LogP contribution in [0.3, 0.4) is 0 Å². The van der Waals surface area contributed by atoms with Crippen LogP contribution in [0, 0.1) is 0 Å². The van der Waals surface area contributed by atoms with Crippen LogP contribution in [0.4, 0.5) is 0 Å². The fourth-order valence-corrected chi connectivity index (χ4v) is 2.49. The molecule has 0 aliphatic carbocycles. The van der Waals surface area contributed by atoms with Crippen LogP contribution >= 0.6 is 11.6 Å². The van der Waals surface area contributed by atoms with E-state index in [-0.39, 0.29) is 11.6 Å². The Bertz CT molecular complexity index is 860. The average molecular weight is 385 g/mol. The first-order valence-corrected chi connectivity index (χ1v) is 8.21. The molecule has 0 saturated heterocycles. The summed E-state index contributed by atoms with van der Waals surface area (Å²) in [7, 11) is 0. The summed E-state index contributed by atoms with van der Waals surface area (Å²) in [4.78, 5) is 27.8. The van der Waals surface area contributed by atoms with Crippen molar-refractivity contribution < 1.29 is 14.3 Å². The molecule has 0 aliphatic heterocycles. The van der Waals surface area contributed by atoms with Crippen molar-refractivity contribution in [2.45, 2.75) is 6.04 Å². The highest BCUT2D eigenvalue weighted by molar-refractivity contribution is 6.30. The lowest BCUT2D eigenvalue weighted by Crippen LogP contribution is -2.22. The van der Waals surface area contributed by atoms with Crippen LogP contribution < -0.4 is 15.8 Å². The molecule has 1 unspecified atom stereocenters. The van der Waals surface area contributed by atoms with Crippen molar-refractivity contribution in [2.75, 3.05) is 0 Å². The van der Waals surface area contributed by atoms with Crippen LogP contribution in [0.2, 0.25) is 5.15 Å². The number of nitrogens with zero attached hydrogens (tertiary/aromatic N) is 2. The molecule has 2 aromatic carbocycles. The number of primary amides is 1. The smallest absolute Gasteiger partial charge is 0.207 e. The third-order valence-corrected chi connectivity index (χ3v) is 3.67. The molecule has 0 spiro atoms. The highest BCUT2D eigenvalue weighted by Gasteiger charge is 2.18. The maximum atomic E-state index is 11.0. The van der Waals surface area contributed by atoms with E-state index in [0.717, 1.165) is 11.3 Å². The van der Waals surface area contributed by atoms with Crippen LogP contribution in [0.1, 0.15) is 17.3 Å². The first-order valence-electron chi connectivity index (χ1n) is 7.84. The van der Waals surface area contributed by atoms with Crippen molar-refractivity contribution in [3.05, 3.63) is 83.4 Å². The minimum absolute atomic E-state index is 0.250. The Labute approximate surface area is 161 Å². The number of ether oxygens (including phenoxy) is 1. The molecule has 1 aromatic heterocycles. The van der Waals surface area contributed by atoms with Gasteiger partial charge in [0.05, 0.1) is 6.04 Å². The molecule has 8 heteroatoms. The number of carbonyl (C=O) groups excluding carboxylic acids is 2. The van der Waals surface area contributed by atoms with Gasteiger partial charge in [0.2, 0.25) is 12.8 Å². The van der Waals surface area contributed by atoms with Crippen molar-refractivity contribution in [1.82, 2.24) is 15.3 Å². The first kappa shape index (κ1) is 19.9. The molecule has 3 aromatic rings. The molecule has 138 valence electrons. The monoisotopic (exact) mass is 384 g/mol. The molecular formula is C19H17ClN4O3. The summed E-state index contributed by atoms with van der Waals surface area (Å²) in [5.41, 5.74) is 5.48. The summed E-state index contributed by atoms with van der Waals surface area (Å²) in [5.74, 6) is 1.45. The molecule has 0 aliphatic rings. The van der Waals surface area contributed by atoms with Gasteiger partial charge in [-0.2, -0.15) is 0 Å². The van der Waals surface area contributed by atoms with Gasteiger partial charge in [0.25, 0.3) is 0 Å². The predicted molar refractivity (Wildman–Crippen MR) is 101 cm³/mol. The molecule has 0 fully saturated rings. The fourth-order valence-electron chi connectivity index (χ4n) is 2.28. The summed E-state index contributed by atoms with van der Waals surface area (Å²) in [5, 5.41) is 2.97. The molecule has 1 heterocycles. The Kier molecular flexibility index (Phi) is 7.74. The number of hydrogen-bond acceptors (Lipinski definition) is 5. The number of nitrogens with one attached hydrogen (secondary N) is 1. The van der Waals surface area contributed by atoms with Crippen molar-refractivity contribution in [3.8, 4) is 11.5 Å². The van der Waals surface area contributed by atoms with Gasteiger partial charge in [0.1, 0.15) is 17.2 Å². The SMILES string of the molecule is NC=O.O=CNC(c1ccc(Oc2ccccc2)cc1)c1nccnc1Cl. The minimum Gasteiger partial charge on any atom is -0.457 e. The fraction of sp³-hybridized carbons (Fsp3) is 0.0526. The van der Waals surface area contributed by atoms with E-state index < -0.39 is 6.04 Å². The molecule has 3 rings (SSSR count). The molecule has 2 amide bonds. The number of halogens is 1. The number of rotatable bonds is 6. The summed E-state index contributed by atoms with van der Waals surface area (Å²) < 4.78 is 5.76. The maximum Gasteiger partial charge on any atom is 0.207 e. The van der Waals surface area contributed by atoms with Gasteiger partial charge in [-0.05, 0) is 29.8 Å². The van der Waals surface area contributed by atoms with Gasteiger partial charge in [-0.3, -0.25) is 14.6 Å². The Morgan fingerprint density at radius 3 is 2.15 bits per heavy atom. The van der Waals surface area contributed by atoms with E-state index in [4.69, 9.17) is 21.1 Å². The highest BCUT2D eigenvalue weighted by Crippen LogP contribution is 2.27. The van der Waals surface area contributed by atoms with Crippen LogP contribution in [0.25, 0.3) is 0 Å². The lowest BCUT2D eigenvalue weighted by molar-refractivity contribution is -0.110. The Balaban J connectivity index is 0.000000817. The summed E-state index contributed by atoms with van der Waals surface area (Å²) in [6.45, 7) is 0. The van der Waals surface area contributed by atoms with E-state index in [1.54, 1.807) is 0 Å². The quantitative estimate of drug-likeness (QED) is 0.635. The largest absolute Gasteiger partial charge is 0.457 e. The van der Waals surface area contributed by atoms with Gasteiger partial charge >= 0.3 is 0 Å². The van der Waals surface area contributed by atoms with Crippen molar-refractivity contribution >= 4 is 24.4 Å². The normalized spacial score (nSPS) is 10.7. The number of nitrogens with two attached hydrogens (primary N) is 1. The zero-order valence-corrected chi connectivity index (χ0v) is 14.9. The van der Waals surface area contributed by atoms with Crippen LogP contribution in [-0.4, -0.2) is 22.8 Å². The Morgan fingerprint density at radius 1 is 0.963 bits per heavy atom. The van der Waals surface area contributed by atoms with E-state index >= 15 is 0 Å². The third-order valence-electron chi connectivity index (χ3n) is 3.38. The number of hydrogen-bond donors (Lipinski definition) is 2. The first-order chi connectivity index (χ1) is 13.2. The molecule has 0 bridgehead atoms. The lowest BCUT2D eigenvalue weighted by atomic mass is 10.0. The number of benzene rings is 2. The highest BCUT2D eigenvalue weighted by atomic mass is 35.5. The molecule has 0 saturated carbocycles. The Morgan fingerprint density at radius 2 is 1.56 bits per heavy atom. The van der Waals surface area contributed by atoms with E-state index in [0.29, 0.717) is 17.9 Å². The number of para-hydroxylation sites is 1. The van der Waals surface area contributed by atoms with E-state index in [9.17, 15) is 4.79 Å². The molecule has 3 N–H and O–H groups in total. The van der Waals surface area contributed by atoms with Gasteiger partial charge in [-0.25, -0.2) is 4.98 Å². The van der Waals surface area contributed by atoms with Gasteiger partial charge in [-0.1, -0.05) is 41.9 Å². The van der Waals surface area contributed by atoms with Gasteiger partial charge in [0.15, 0.2) is 5.15 Å². The van der Waals surface area contributed by atoms with E-state index in [1.165, 1.54) is 12.4 Å². The topological polar surface area (TPSA) is 107 Å². The van der Waals surface area contributed by atoms with Crippen molar-refractivity contribution in [1.29, 1.82) is 0 Å². The van der Waals surface area contributed by atoms with E-state index in [2.05, 4.69) is 21.0 Å². The number of amides is 2. The Hall–Kier alpha value is -3.45. The molecule has 1 atom stereocenters. The second kappa shape index (κ2) is 10.5. The molecular weight excluding hydrogens is 368 g/mol. The second-order valence-corrected chi connectivity index (χ2v) is 5.43. The minimum atomic E-state index is -0.477. The standard InChI is InChI=1S/C18H14ClN3O2.CH3NO/c19-18-17(20-10-11-21-18)16(22-12-23)13-6-8-15(9-7-13)24-14-4-2-1-3-5-14;2-1-3/h1-12,16H,(H,22,23);1H,(H2,2,3). The maximum absolute atomic E-state index is 11.0. The molecule has 0 radical (unpaired) electrons. The van der Waals surface area contributed by atoms with Crippen molar-refractivity contribution in [2.24, 2.45) is 5.73 Å². The summed E-state index contributed by atoms with van der Waals surface area (Å²) in [6.07, 6.45) is 3.90. The van der Waals surface area contributed by atoms with Crippen LogP contribution in [0.5, 0.6) is 11.5 Å². The van der Waals surface area contributed by atoms with Gasteiger partial charge < -0.3 is 15.8 Å². The number of carbonyl (C=O) groups is 2. The summed E-state index contributed by atoms with van der Waals surface area (Å²) in [6, 6.07) is 16.4. The zero-order valence-electron chi connectivity index (χ0n) is 14.2. The predicted octanol–water partition coefficient (Wildman–Crippen LogP) is 2.86. The number of aromatic nitrogens is 2. The van der Waals surface area contributed by atoms with E-state index in [1.807, 2.05) is 54.6 Å². The van der Waals surface area contributed by atoms with Crippen LogP contribution in [-0.2, 0) is 9.59 Å². The zero-order chi connectivity index (χ0) is 19.5. The molecule has 7 nitrogen and oxygen atoms in total. The van der Waals surface area contributed by atoms with Gasteiger partial charge in [-0.15, -0.1) is 0 Å². The third kappa shape index (κ3) is 5.79. The van der Waals surface area contributed by atoms with Gasteiger partial charge in [0, 0.05) is 12.4 Å². The lowest BCUT2D eigenvalue weighted by Gasteiger charge is -2.17. The average Bonchev–Trinajstić information content (AvgIpc) is 2.69. The second-order valence-electron chi connectivity index (χ2n) is 5.07. The summed E-state index contributed by atoms with van der Waals surface area (Å²) >= 11 is 6.09. The van der Waals surface area contributed by atoms with Crippen LogP contribution in [0.15, 0.2) is 67.0 Å².